The molecule has 2 aromatic rings. The molecule has 1 aliphatic rings. The van der Waals surface area contributed by atoms with E-state index in [2.05, 4.69) is 19.1 Å². The molecule has 0 N–H and O–H groups in total. The predicted octanol–water partition coefficient (Wildman–Crippen LogP) is 4.30. The Labute approximate surface area is 156 Å². The van der Waals surface area contributed by atoms with E-state index in [1.807, 2.05) is 47.4 Å². The summed E-state index contributed by atoms with van der Waals surface area (Å²) < 4.78 is 0. The molecule has 1 aliphatic heterocycles. The molecule has 0 aliphatic carbocycles. The molecule has 3 nitrogen and oxygen atoms in total. The molecule has 0 aromatic heterocycles. The van der Waals surface area contributed by atoms with E-state index < -0.39 is 0 Å². The van der Waals surface area contributed by atoms with Crippen LogP contribution in [0.15, 0.2) is 54.6 Å². The zero-order valence-corrected chi connectivity index (χ0v) is 15.5. The fourth-order valence-electron chi connectivity index (χ4n) is 3.61. The number of carbonyl (C=O) groups excluding carboxylic acids is 2. The van der Waals surface area contributed by atoms with Crippen molar-refractivity contribution in [3.63, 3.8) is 0 Å². The van der Waals surface area contributed by atoms with Crippen molar-refractivity contribution in [2.45, 2.75) is 39.0 Å². The molecule has 3 rings (SSSR count). The number of benzene rings is 2. The second-order valence-corrected chi connectivity index (χ2v) is 7.09. The van der Waals surface area contributed by atoms with Gasteiger partial charge in [0.05, 0.1) is 0 Å². The highest BCUT2D eigenvalue weighted by Crippen LogP contribution is 2.21. The number of nitrogens with zero attached hydrogens (tertiary/aromatic N) is 1. The van der Waals surface area contributed by atoms with Crippen molar-refractivity contribution in [1.29, 1.82) is 0 Å². The number of hydrogen-bond acceptors (Lipinski definition) is 2. The molecule has 0 spiro atoms. The molecule has 136 valence electrons. The van der Waals surface area contributed by atoms with Crippen molar-refractivity contribution < 1.29 is 9.59 Å². The predicted molar refractivity (Wildman–Crippen MR) is 104 cm³/mol. The fraction of sp³-hybridized carbons (Fsp3) is 0.391. The van der Waals surface area contributed by atoms with Crippen molar-refractivity contribution >= 4 is 11.7 Å². The Kier molecular flexibility index (Phi) is 6.21. The fourth-order valence-corrected chi connectivity index (χ4v) is 3.61. The summed E-state index contributed by atoms with van der Waals surface area (Å²) in [4.78, 5) is 27.2. The molecule has 1 fully saturated rings. The monoisotopic (exact) mass is 349 g/mol. The number of carbonyl (C=O) groups is 2. The Morgan fingerprint density at radius 3 is 2.42 bits per heavy atom. The number of amides is 1. The summed E-state index contributed by atoms with van der Waals surface area (Å²) in [5, 5.41) is 0. The van der Waals surface area contributed by atoms with E-state index in [0.29, 0.717) is 13.0 Å². The van der Waals surface area contributed by atoms with Gasteiger partial charge in [0, 0.05) is 31.0 Å². The van der Waals surface area contributed by atoms with Gasteiger partial charge in [-0.1, -0.05) is 49.4 Å². The summed E-state index contributed by atoms with van der Waals surface area (Å²) in [6.45, 7) is 3.41. The topological polar surface area (TPSA) is 37.4 Å². The van der Waals surface area contributed by atoms with Gasteiger partial charge in [-0.05, 0) is 48.9 Å². The Hall–Kier alpha value is -2.42. The van der Waals surface area contributed by atoms with Crippen molar-refractivity contribution in [1.82, 2.24) is 4.90 Å². The Morgan fingerprint density at radius 1 is 1.00 bits per heavy atom. The molecule has 1 amide bonds. The summed E-state index contributed by atoms with van der Waals surface area (Å²) >= 11 is 0. The van der Waals surface area contributed by atoms with Gasteiger partial charge in [0.25, 0.3) is 5.91 Å². The van der Waals surface area contributed by atoms with Crippen LogP contribution in [0.4, 0.5) is 0 Å². The second kappa shape index (κ2) is 8.79. The van der Waals surface area contributed by atoms with Crippen LogP contribution in [0.1, 0.15) is 47.7 Å². The molecule has 0 unspecified atom stereocenters. The maximum Gasteiger partial charge on any atom is 0.253 e. The van der Waals surface area contributed by atoms with Crippen molar-refractivity contribution in [2.24, 2.45) is 5.92 Å². The van der Waals surface area contributed by atoms with E-state index in [-0.39, 0.29) is 17.6 Å². The molecular weight excluding hydrogens is 322 g/mol. The first kappa shape index (κ1) is 18.4. The molecule has 3 heteroatoms. The molecule has 26 heavy (non-hydrogen) atoms. The minimum Gasteiger partial charge on any atom is -0.338 e. The first-order valence-electron chi connectivity index (χ1n) is 9.62. The van der Waals surface area contributed by atoms with E-state index in [1.165, 1.54) is 11.1 Å². The zero-order chi connectivity index (χ0) is 18.4. The molecule has 1 saturated heterocycles. The van der Waals surface area contributed by atoms with Gasteiger partial charge in [0.1, 0.15) is 5.78 Å². The van der Waals surface area contributed by atoms with Gasteiger partial charge in [-0.3, -0.25) is 9.59 Å². The summed E-state index contributed by atoms with van der Waals surface area (Å²) in [6.07, 6.45) is 4.10. The molecule has 0 saturated carbocycles. The average molecular weight is 349 g/mol. The second-order valence-electron chi connectivity index (χ2n) is 7.09. The normalized spacial score (nSPS) is 17.1. The highest BCUT2D eigenvalue weighted by molar-refractivity contribution is 5.94. The number of ketones is 1. The standard InChI is InChI=1S/C23H27NO2/c1-2-18-10-13-20(14-11-18)23(26)24-16-6-9-21(17-24)22(25)15-12-19-7-4-3-5-8-19/h3-5,7-8,10-11,13-14,21H,2,6,9,12,15-17H2,1H3/t21-/m1/s1. The highest BCUT2D eigenvalue weighted by Gasteiger charge is 2.28. The van der Waals surface area contributed by atoms with Gasteiger partial charge >= 0.3 is 0 Å². The van der Waals surface area contributed by atoms with Crippen LogP contribution in [-0.2, 0) is 17.6 Å². The van der Waals surface area contributed by atoms with Gasteiger partial charge in [-0.25, -0.2) is 0 Å². The lowest BCUT2D eigenvalue weighted by Crippen LogP contribution is -2.42. The average Bonchev–Trinajstić information content (AvgIpc) is 2.72. The van der Waals surface area contributed by atoms with Gasteiger partial charge in [0.15, 0.2) is 0 Å². The third-order valence-electron chi connectivity index (χ3n) is 5.28. The van der Waals surface area contributed by atoms with Crippen molar-refractivity contribution in [2.75, 3.05) is 13.1 Å². The van der Waals surface area contributed by atoms with E-state index in [0.717, 1.165) is 37.8 Å². The quantitative estimate of drug-likeness (QED) is 0.779. The smallest absolute Gasteiger partial charge is 0.253 e. The summed E-state index contributed by atoms with van der Waals surface area (Å²) in [6, 6.07) is 18.0. The molecular formula is C23H27NO2. The maximum absolute atomic E-state index is 12.8. The summed E-state index contributed by atoms with van der Waals surface area (Å²) in [5.74, 6) is 0.312. The van der Waals surface area contributed by atoms with Crippen LogP contribution < -0.4 is 0 Å². The SMILES string of the molecule is CCc1ccc(C(=O)N2CCC[C@@H](C(=O)CCc3ccccc3)C2)cc1. The van der Waals surface area contributed by atoms with Crippen LogP contribution in [0.3, 0.4) is 0 Å². The lowest BCUT2D eigenvalue weighted by atomic mass is 9.90. The van der Waals surface area contributed by atoms with Crippen LogP contribution >= 0.6 is 0 Å². The maximum atomic E-state index is 12.8. The number of aryl methyl sites for hydroxylation is 2. The summed E-state index contributed by atoms with van der Waals surface area (Å²) in [7, 11) is 0. The van der Waals surface area contributed by atoms with Crippen LogP contribution in [-0.4, -0.2) is 29.7 Å². The van der Waals surface area contributed by atoms with Crippen LogP contribution in [0.2, 0.25) is 0 Å². The van der Waals surface area contributed by atoms with Crippen molar-refractivity contribution in [3.05, 3.63) is 71.3 Å². The minimum absolute atomic E-state index is 0.0219. The molecule has 0 radical (unpaired) electrons. The Morgan fingerprint density at radius 2 is 1.73 bits per heavy atom. The Balaban J connectivity index is 1.57. The number of hydrogen-bond donors (Lipinski definition) is 0. The van der Waals surface area contributed by atoms with Crippen molar-refractivity contribution in [3.8, 4) is 0 Å². The first-order chi connectivity index (χ1) is 12.7. The first-order valence-corrected chi connectivity index (χ1v) is 9.62. The third kappa shape index (κ3) is 4.60. The molecule has 2 aromatic carbocycles. The van der Waals surface area contributed by atoms with Crippen LogP contribution in [0.5, 0.6) is 0 Å². The summed E-state index contributed by atoms with van der Waals surface area (Å²) in [5.41, 5.74) is 3.15. The van der Waals surface area contributed by atoms with Crippen LogP contribution in [0, 0.1) is 5.92 Å². The lowest BCUT2D eigenvalue weighted by Gasteiger charge is -2.32. The number of likely N-dealkylation sites (tertiary alicyclic amines) is 1. The molecule has 1 atom stereocenters. The highest BCUT2D eigenvalue weighted by atomic mass is 16.2. The van der Waals surface area contributed by atoms with Gasteiger partial charge in [-0.15, -0.1) is 0 Å². The van der Waals surface area contributed by atoms with E-state index in [1.54, 1.807) is 0 Å². The largest absolute Gasteiger partial charge is 0.338 e. The molecule has 0 bridgehead atoms. The van der Waals surface area contributed by atoms with Gasteiger partial charge in [-0.2, -0.15) is 0 Å². The van der Waals surface area contributed by atoms with Gasteiger partial charge in [0.2, 0.25) is 0 Å². The number of rotatable bonds is 6. The third-order valence-corrected chi connectivity index (χ3v) is 5.28. The van der Waals surface area contributed by atoms with E-state index >= 15 is 0 Å². The Bertz CT molecular complexity index is 737. The number of piperidine rings is 1. The van der Waals surface area contributed by atoms with Gasteiger partial charge < -0.3 is 4.90 Å². The molecule has 1 heterocycles. The minimum atomic E-state index is -0.0219. The van der Waals surface area contributed by atoms with E-state index in [4.69, 9.17) is 0 Å². The number of Topliss-reactive ketones (excluding diaryl/α,β-unsaturated/α-hetero) is 1. The van der Waals surface area contributed by atoms with Crippen LogP contribution in [0.25, 0.3) is 0 Å². The zero-order valence-electron chi connectivity index (χ0n) is 15.5. The lowest BCUT2D eigenvalue weighted by molar-refractivity contribution is -0.124. The van der Waals surface area contributed by atoms with E-state index in [9.17, 15) is 9.59 Å².